The molecule has 1 fully saturated rings. The summed E-state index contributed by atoms with van der Waals surface area (Å²) in [5.74, 6) is 1.54. The topological polar surface area (TPSA) is 57.5 Å². The largest absolute Gasteiger partial charge is 0.493 e. The lowest BCUT2D eigenvalue weighted by atomic mass is 9.78. The van der Waals surface area contributed by atoms with Crippen molar-refractivity contribution in [1.82, 2.24) is 10.2 Å². The molecule has 2 atom stereocenters. The second-order valence-corrected chi connectivity index (χ2v) is 8.02. The van der Waals surface area contributed by atoms with Crippen molar-refractivity contribution in [3.63, 3.8) is 0 Å². The van der Waals surface area contributed by atoms with Crippen LogP contribution >= 0.6 is 0 Å². The first-order valence-corrected chi connectivity index (χ1v) is 10.4. The Bertz CT molecular complexity index is 893. The highest BCUT2D eigenvalue weighted by molar-refractivity contribution is 5.50. The third-order valence-corrected chi connectivity index (χ3v) is 6.42. The maximum absolute atomic E-state index is 10.1. The van der Waals surface area contributed by atoms with Gasteiger partial charge in [-0.3, -0.25) is 10.2 Å². The third-order valence-electron chi connectivity index (χ3n) is 6.42. The number of rotatable bonds is 6. The zero-order valence-corrected chi connectivity index (χ0v) is 17.3. The van der Waals surface area contributed by atoms with E-state index in [1.807, 2.05) is 6.07 Å². The maximum atomic E-state index is 10.1. The maximum Gasteiger partial charge on any atom is 0.161 e. The minimum Gasteiger partial charge on any atom is -0.493 e. The molecule has 0 bridgehead atoms. The molecule has 2 aromatic rings. The number of fused-ring (bicyclic) bond motifs is 3. The molecule has 5 heteroatoms. The zero-order valence-electron chi connectivity index (χ0n) is 17.3. The van der Waals surface area contributed by atoms with Crippen molar-refractivity contribution in [3.8, 4) is 17.6 Å². The van der Waals surface area contributed by atoms with Gasteiger partial charge < -0.3 is 9.47 Å². The molecule has 0 spiro atoms. The molecule has 2 aromatic carbocycles. The number of benzene rings is 2. The van der Waals surface area contributed by atoms with Crippen molar-refractivity contribution in [2.75, 3.05) is 33.9 Å². The molecule has 29 heavy (non-hydrogen) atoms. The van der Waals surface area contributed by atoms with E-state index in [-0.39, 0.29) is 6.04 Å². The van der Waals surface area contributed by atoms with E-state index in [9.17, 15) is 5.26 Å². The number of nitrogens with one attached hydrogen (secondary N) is 1. The molecule has 4 rings (SSSR count). The van der Waals surface area contributed by atoms with Gasteiger partial charge in [0, 0.05) is 25.7 Å². The Balaban J connectivity index is 1.53. The average molecular weight is 392 g/mol. The molecule has 5 nitrogen and oxygen atoms in total. The Morgan fingerprint density at radius 2 is 1.90 bits per heavy atom. The monoisotopic (exact) mass is 391 g/mol. The van der Waals surface area contributed by atoms with Gasteiger partial charge in [0.05, 0.1) is 20.3 Å². The highest BCUT2D eigenvalue weighted by Crippen LogP contribution is 2.44. The zero-order chi connectivity index (χ0) is 20.3. The van der Waals surface area contributed by atoms with E-state index in [2.05, 4.69) is 52.7 Å². The Hall–Kier alpha value is -2.55. The molecule has 1 N–H and O–H groups in total. The van der Waals surface area contributed by atoms with E-state index in [0.29, 0.717) is 0 Å². The van der Waals surface area contributed by atoms with E-state index >= 15 is 0 Å². The van der Waals surface area contributed by atoms with Crippen LogP contribution in [0.5, 0.6) is 11.5 Å². The molecule has 2 aliphatic heterocycles. The van der Waals surface area contributed by atoms with Crippen LogP contribution in [-0.2, 0) is 12.8 Å². The molecule has 0 amide bonds. The van der Waals surface area contributed by atoms with Crippen LogP contribution in [-0.4, -0.2) is 44.3 Å². The van der Waals surface area contributed by atoms with Gasteiger partial charge in [0.15, 0.2) is 11.5 Å². The Kier molecular flexibility index (Phi) is 5.75. The standard InChI is InChI=1S/C24H29N3O2/c1-28-22-14-19-9-12-27-13-10-24(17-25,16-21(27)20(19)15-23(22)29-2)26-11-8-18-6-4-3-5-7-18/h3-7,14-15,21,26H,8-13,16H2,1-2H3/t21-,24+/m0/s1. The second-order valence-electron chi connectivity index (χ2n) is 8.02. The molecule has 0 radical (unpaired) electrons. The number of hydrogen-bond acceptors (Lipinski definition) is 5. The molecule has 1 saturated heterocycles. The summed E-state index contributed by atoms with van der Waals surface area (Å²) < 4.78 is 11.0. The summed E-state index contributed by atoms with van der Waals surface area (Å²) in [6.07, 6.45) is 3.59. The van der Waals surface area contributed by atoms with Crippen LogP contribution in [0.15, 0.2) is 42.5 Å². The van der Waals surface area contributed by atoms with Gasteiger partial charge in [-0.15, -0.1) is 0 Å². The number of piperidine rings is 1. The SMILES string of the molecule is COc1cc2c(cc1OC)[C@@H]1C[C@](C#N)(NCCc3ccccc3)CCN1CC2. The van der Waals surface area contributed by atoms with Crippen molar-refractivity contribution in [1.29, 1.82) is 5.26 Å². The van der Waals surface area contributed by atoms with Gasteiger partial charge in [0.2, 0.25) is 0 Å². The van der Waals surface area contributed by atoms with E-state index < -0.39 is 5.54 Å². The van der Waals surface area contributed by atoms with Crippen molar-refractivity contribution in [2.24, 2.45) is 0 Å². The molecular weight excluding hydrogens is 362 g/mol. The molecule has 2 aliphatic rings. The lowest BCUT2D eigenvalue weighted by Crippen LogP contribution is -2.55. The number of nitriles is 1. The van der Waals surface area contributed by atoms with Gasteiger partial charge in [-0.2, -0.15) is 5.26 Å². The highest BCUT2D eigenvalue weighted by Gasteiger charge is 2.42. The van der Waals surface area contributed by atoms with Crippen LogP contribution in [0.1, 0.15) is 35.6 Å². The summed E-state index contributed by atoms with van der Waals surface area (Å²) in [4.78, 5) is 2.52. The molecule has 0 aromatic heterocycles. The van der Waals surface area contributed by atoms with Crippen LogP contribution in [0.25, 0.3) is 0 Å². The van der Waals surface area contributed by atoms with Crippen LogP contribution in [0, 0.1) is 11.3 Å². The highest BCUT2D eigenvalue weighted by atomic mass is 16.5. The lowest BCUT2D eigenvalue weighted by molar-refractivity contribution is 0.0917. The summed E-state index contributed by atoms with van der Waals surface area (Å²) in [6, 6.07) is 17.5. The molecule has 0 unspecified atom stereocenters. The first kappa shape index (κ1) is 19.8. The van der Waals surface area contributed by atoms with Crippen molar-refractivity contribution in [3.05, 3.63) is 59.2 Å². The van der Waals surface area contributed by atoms with Gasteiger partial charge in [0.25, 0.3) is 0 Å². The smallest absolute Gasteiger partial charge is 0.161 e. The Morgan fingerprint density at radius 1 is 1.14 bits per heavy atom. The van der Waals surface area contributed by atoms with E-state index in [0.717, 1.165) is 56.8 Å². The molecule has 0 aliphatic carbocycles. The Morgan fingerprint density at radius 3 is 2.62 bits per heavy atom. The minimum atomic E-state index is -0.488. The minimum absolute atomic E-state index is 0.233. The summed E-state index contributed by atoms with van der Waals surface area (Å²) >= 11 is 0. The quantitative estimate of drug-likeness (QED) is 0.817. The third kappa shape index (κ3) is 3.96. The summed E-state index contributed by atoms with van der Waals surface area (Å²) in [7, 11) is 3.35. The van der Waals surface area contributed by atoms with Crippen molar-refractivity contribution in [2.45, 2.75) is 37.3 Å². The van der Waals surface area contributed by atoms with E-state index in [1.165, 1.54) is 16.7 Å². The van der Waals surface area contributed by atoms with Gasteiger partial charge in [-0.1, -0.05) is 30.3 Å². The van der Waals surface area contributed by atoms with Gasteiger partial charge in [-0.05, 0) is 54.5 Å². The predicted molar refractivity (Wildman–Crippen MR) is 113 cm³/mol. The fourth-order valence-electron chi connectivity index (χ4n) is 4.75. The first-order valence-electron chi connectivity index (χ1n) is 10.4. The fourth-order valence-corrected chi connectivity index (χ4v) is 4.75. The Labute approximate surface area is 173 Å². The molecule has 152 valence electrons. The summed E-state index contributed by atoms with van der Waals surface area (Å²) in [5, 5.41) is 13.7. The predicted octanol–water partition coefficient (Wildman–Crippen LogP) is 3.49. The molecule has 2 heterocycles. The second kappa shape index (κ2) is 8.44. The lowest BCUT2D eigenvalue weighted by Gasteiger charge is -2.47. The van der Waals surface area contributed by atoms with Crippen LogP contribution in [0.4, 0.5) is 0 Å². The van der Waals surface area contributed by atoms with Gasteiger partial charge in [0.1, 0.15) is 5.54 Å². The number of ether oxygens (including phenoxy) is 2. The van der Waals surface area contributed by atoms with Gasteiger partial charge >= 0.3 is 0 Å². The van der Waals surface area contributed by atoms with Crippen LogP contribution in [0.3, 0.4) is 0 Å². The number of nitrogens with zero attached hydrogens (tertiary/aromatic N) is 2. The van der Waals surface area contributed by atoms with E-state index in [4.69, 9.17) is 9.47 Å². The normalized spacial score (nSPS) is 23.6. The number of methoxy groups -OCH3 is 2. The molecular formula is C24H29N3O2. The van der Waals surface area contributed by atoms with Crippen LogP contribution < -0.4 is 14.8 Å². The first-order chi connectivity index (χ1) is 14.2. The summed E-state index contributed by atoms with van der Waals surface area (Å²) in [6.45, 7) is 2.77. The van der Waals surface area contributed by atoms with Gasteiger partial charge in [-0.25, -0.2) is 0 Å². The van der Waals surface area contributed by atoms with E-state index in [1.54, 1.807) is 14.2 Å². The number of hydrogen-bond donors (Lipinski definition) is 1. The molecule has 0 saturated carbocycles. The van der Waals surface area contributed by atoms with Crippen molar-refractivity contribution < 1.29 is 9.47 Å². The fraction of sp³-hybridized carbons (Fsp3) is 0.458. The van der Waals surface area contributed by atoms with Crippen LogP contribution in [0.2, 0.25) is 0 Å². The summed E-state index contributed by atoms with van der Waals surface area (Å²) in [5.41, 5.74) is 3.39. The average Bonchev–Trinajstić information content (AvgIpc) is 2.78. The van der Waals surface area contributed by atoms with Crippen molar-refractivity contribution >= 4 is 0 Å².